The van der Waals surface area contributed by atoms with Crippen molar-refractivity contribution in [1.29, 1.82) is 0 Å². The fraction of sp³-hybridized carbons (Fsp3) is 0.500. The maximum absolute atomic E-state index is 11.0. The van der Waals surface area contributed by atoms with Crippen LogP contribution in [0.2, 0.25) is 0 Å². The summed E-state index contributed by atoms with van der Waals surface area (Å²) >= 11 is 0. The van der Waals surface area contributed by atoms with Crippen molar-refractivity contribution in [3.63, 3.8) is 0 Å². The Morgan fingerprint density at radius 2 is 2.11 bits per heavy atom. The number of hydrogen-bond acceptors (Lipinski definition) is 3. The van der Waals surface area contributed by atoms with Crippen molar-refractivity contribution in [2.24, 2.45) is 17.4 Å². The Bertz CT molecular complexity index is 414. The molecule has 1 fully saturated rings. The molecule has 0 aliphatic carbocycles. The molecule has 1 amide bonds. The van der Waals surface area contributed by atoms with Gasteiger partial charge in [0.25, 0.3) is 0 Å². The molecule has 18 heavy (non-hydrogen) atoms. The first-order valence-corrected chi connectivity index (χ1v) is 6.43. The summed E-state index contributed by atoms with van der Waals surface area (Å²) in [5, 5.41) is 0. The van der Waals surface area contributed by atoms with Gasteiger partial charge in [-0.25, -0.2) is 0 Å². The van der Waals surface area contributed by atoms with E-state index in [0.717, 1.165) is 19.6 Å². The van der Waals surface area contributed by atoms with E-state index in [-0.39, 0.29) is 11.9 Å². The highest BCUT2D eigenvalue weighted by atomic mass is 16.1. The third kappa shape index (κ3) is 3.09. The van der Waals surface area contributed by atoms with E-state index in [1.165, 1.54) is 12.0 Å². The molecule has 1 saturated heterocycles. The third-order valence-electron chi connectivity index (χ3n) is 3.70. The lowest BCUT2D eigenvalue weighted by Crippen LogP contribution is -2.29. The minimum absolute atomic E-state index is 0.271. The minimum Gasteiger partial charge on any atom is -0.366 e. The van der Waals surface area contributed by atoms with Crippen LogP contribution in [0.1, 0.15) is 29.3 Å². The van der Waals surface area contributed by atoms with Gasteiger partial charge in [0.2, 0.25) is 5.91 Å². The zero-order valence-electron chi connectivity index (χ0n) is 10.8. The number of primary amides is 1. The van der Waals surface area contributed by atoms with Crippen LogP contribution in [0, 0.1) is 5.92 Å². The number of amides is 1. The molecule has 4 heteroatoms. The zero-order chi connectivity index (χ0) is 13.1. The molecule has 1 aliphatic rings. The standard InChI is InChI=1S/C14H21N3O/c1-10(15)13-6-7-17(9-13)8-11-2-4-12(5-3-11)14(16)18/h2-5,10,13H,6-9,15H2,1H3,(H2,16,18). The quantitative estimate of drug-likeness (QED) is 0.832. The van der Waals surface area contributed by atoms with Crippen molar-refractivity contribution < 1.29 is 4.79 Å². The number of benzene rings is 1. The fourth-order valence-corrected chi connectivity index (χ4v) is 2.47. The summed E-state index contributed by atoms with van der Waals surface area (Å²) < 4.78 is 0. The monoisotopic (exact) mass is 247 g/mol. The average molecular weight is 247 g/mol. The summed E-state index contributed by atoms with van der Waals surface area (Å²) in [7, 11) is 0. The van der Waals surface area contributed by atoms with Crippen molar-refractivity contribution in [3.05, 3.63) is 35.4 Å². The van der Waals surface area contributed by atoms with E-state index < -0.39 is 0 Å². The van der Waals surface area contributed by atoms with E-state index in [9.17, 15) is 4.79 Å². The first-order valence-electron chi connectivity index (χ1n) is 6.43. The molecule has 98 valence electrons. The Labute approximate surface area is 108 Å². The Hall–Kier alpha value is -1.39. The lowest BCUT2D eigenvalue weighted by atomic mass is 10.0. The summed E-state index contributed by atoms with van der Waals surface area (Å²) in [6, 6.07) is 7.79. The van der Waals surface area contributed by atoms with Gasteiger partial charge in [-0.05, 0) is 43.5 Å². The molecule has 0 saturated carbocycles. The Kier molecular flexibility index (Phi) is 3.99. The van der Waals surface area contributed by atoms with Gasteiger partial charge >= 0.3 is 0 Å². The second-order valence-corrected chi connectivity index (χ2v) is 5.20. The molecule has 0 radical (unpaired) electrons. The Morgan fingerprint density at radius 3 is 2.61 bits per heavy atom. The molecule has 4 nitrogen and oxygen atoms in total. The summed E-state index contributed by atoms with van der Waals surface area (Å²) in [6.45, 7) is 5.16. The van der Waals surface area contributed by atoms with E-state index in [4.69, 9.17) is 11.5 Å². The SMILES string of the molecule is CC(N)C1CCN(Cc2ccc(C(N)=O)cc2)C1. The van der Waals surface area contributed by atoms with Crippen LogP contribution in [-0.4, -0.2) is 29.9 Å². The summed E-state index contributed by atoms with van der Waals surface area (Å²) in [4.78, 5) is 13.4. The summed E-state index contributed by atoms with van der Waals surface area (Å²) in [5.41, 5.74) is 12.9. The molecule has 1 aliphatic heterocycles. The smallest absolute Gasteiger partial charge is 0.248 e. The molecule has 1 aromatic rings. The van der Waals surface area contributed by atoms with Gasteiger partial charge in [-0.2, -0.15) is 0 Å². The topological polar surface area (TPSA) is 72.3 Å². The largest absolute Gasteiger partial charge is 0.366 e. The second kappa shape index (κ2) is 5.50. The molecular formula is C14H21N3O. The lowest BCUT2D eigenvalue weighted by Gasteiger charge is -2.17. The summed E-state index contributed by atoms with van der Waals surface area (Å²) in [6.07, 6.45) is 1.18. The van der Waals surface area contributed by atoms with Crippen LogP contribution in [0.4, 0.5) is 0 Å². The molecule has 2 rings (SSSR count). The number of nitrogens with two attached hydrogens (primary N) is 2. The minimum atomic E-state index is -0.375. The van der Waals surface area contributed by atoms with Gasteiger partial charge in [-0.3, -0.25) is 9.69 Å². The lowest BCUT2D eigenvalue weighted by molar-refractivity contribution is 0.100. The van der Waals surface area contributed by atoms with Crippen molar-refractivity contribution >= 4 is 5.91 Å². The highest BCUT2D eigenvalue weighted by Crippen LogP contribution is 2.20. The van der Waals surface area contributed by atoms with Crippen molar-refractivity contribution in [2.75, 3.05) is 13.1 Å². The number of likely N-dealkylation sites (tertiary alicyclic amines) is 1. The molecule has 1 aromatic carbocycles. The number of nitrogens with zero attached hydrogens (tertiary/aromatic N) is 1. The van der Waals surface area contributed by atoms with Crippen LogP contribution in [0.5, 0.6) is 0 Å². The molecular weight excluding hydrogens is 226 g/mol. The van der Waals surface area contributed by atoms with Crippen LogP contribution >= 0.6 is 0 Å². The summed E-state index contributed by atoms with van der Waals surface area (Å²) in [5.74, 6) is 0.231. The maximum Gasteiger partial charge on any atom is 0.248 e. The molecule has 2 unspecified atom stereocenters. The zero-order valence-corrected chi connectivity index (χ0v) is 10.8. The first kappa shape index (κ1) is 13.1. The first-order chi connectivity index (χ1) is 8.56. The van der Waals surface area contributed by atoms with E-state index in [1.807, 2.05) is 12.1 Å². The molecule has 2 atom stereocenters. The Morgan fingerprint density at radius 1 is 1.44 bits per heavy atom. The second-order valence-electron chi connectivity index (χ2n) is 5.20. The van der Waals surface area contributed by atoms with Gasteiger partial charge < -0.3 is 11.5 Å². The van der Waals surface area contributed by atoms with Crippen LogP contribution in [0.25, 0.3) is 0 Å². The third-order valence-corrected chi connectivity index (χ3v) is 3.70. The van der Waals surface area contributed by atoms with Gasteiger partial charge in [0.15, 0.2) is 0 Å². The predicted octanol–water partition coefficient (Wildman–Crippen LogP) is 0.955. The maximum atomic E-state index is 11.0. The average Bonchev–Trinajstić information content (AvgIpc) is 2.78. The number of rotatable bonds is 4. The van der Waals surface area contributed by atoms with E-state index in [2.05, 4.69) is 11.8 Å². The number of carbonyl (C=O) groups is 1. The van der Waals surface area contributed by atoms with Crippen LogP contribution in [0.3, 0.4) is 0 Å². The molecule has 1 heterocycles. The number of hydrogen-bond donors (Lipinski definition) is 2. The van der Waals surface area contributed by atoms with Crippen molar-refractivity contribution in [2.45, 2.75) is 25.9 Å². The highest BCUT2D eigenvalue weighted by Gasteiger charge is 2.24. The van der Waals surface area contributed by atoms with E-state index >= 15 is 0 Å². The normalized spacial score (nSPS) is 22.0. The molecule has 0 aromatic heterocycles. The van der Waals surface area contributed by atoms with Gasteiger partial charge in [-0.1, -0.05) is 12.1 Å². The van der Waals surface area contributed by atoms with Gasteiger partial charge in [0, 0.05) is 24.7 Å². The van der Waals surface area contributed by atoms with Crippen LogP contribution < -0.4 is 11.5 Å². The van der Waals surface area contributed by atoms with Crippen LogP contribution in [0.15, 0.2) is 24.3 Å². The fourth-order valence-electron chi connectivity index (χ4n) is 2.47. The Balaban J connectivity index is 1.92. The molecule has 4 N–H and O–H groups in total. The van der Waals surface area contributed by atoms with Crippen LogP contribution in [-0.2, 0) is 6.54 Å². The van der Waals surface area contributed by atoms with Gasteiger partial charge in [0.05, 0.1) is 0 Å². The number of carbonyl (C=O) groups excluding carboxylic acids is 1. The predicted molar refractivity (Wildman–Crippen MR) is 72.0 cm³/mol. The van der Waals surface area contributed by atoms with Crippen molar-refractivity contribution in [3.8, 4) is 0 Å². The van der Waals surface area contributed by atoms with E-state index in [1.54, 1.807) is 12.1 Å². The van der Waals surface area contributed by atoms with Gasteiger partial charge in [-0.15, -0.1) is 0 Å². The van der Waals surface area contributed by atoms with Crippen molar-refractivity contribution in [1.82, 2.24) is 4.90 Å². The molecule has 0 spiro atoms. The van der Waals surface area contributed by atoms with Gasteiger partial charge in [0.1, 0.15) is 0 Å². The highest BCUT2D eigenvalue weighted by molar-refractivity contribution is 5.92. The molecule has 0 bridgehead atoms. The van der Waals surface area contributed by atoms with E-state index in [0.29, 0.717) is 11.5 Å².